The molecule has 10 heteroatoms. The van der Waals surface area contributed by atoms with Gasteiger partial charge in [-0.2, -0.15) is 0 Å². The summed E-state index contributed by atoms with van der Waals surface area (Å²) in [5, 5.41) is 13.4. The smallest absolute Gasteiger partial charge is 0.406 e. The van der Waals surface area contributed by atoms with E-state index in [2.05, 4.69) is 20.0 Å². The van der Waals surface area contributed by atoms with Crippen LogP contribution in [-0.4, -0.2) is 39.5 Å². The fraction of sp³-hybridized carbons (Fsp3) is 0.320. The van der Waals surface area contributed by atoms with Gasteiger partial charge in [-0.3, -0.25) is 4.79 Å². The normalized spacial score (nSPS) is 15.5. The Morgan fingerprint density at radius 3 is 2.37 bits per heavy atom. The van der Waals surface area contributed by atoms with Crippen molar-refractivity contribution < 1.29 is 32.2 Å². The van der Waals surface area contributed by atoms with Gasteiger partial charge in [0.1, 0.15) is 17.3 Å². The molecule has 1 aliphatic rings. The predicted octanol–water partition coefficient (Wildman–Crippen LogP) is 5.27. The SMILES string of the molecule is O=C(NCC1(O)CCCCC1)c1cc(-c2ccc(OC(F)(F)F)cc2)nc(-c2cccc(F)c2)n1. The number of benzene rings is 2. The second-order valence-corrected chi connectivity index (χ2v) is 8.51. The van der Waals surface area contributed by atoms with Crippen LogP contribution < -0.4 is 10.1 Å². The van der Waals surface area contributed by atoms with Crippen molar-refractivity contribution in [3.05, 3.63) is 66.1 Å². The van der Waals surface area contributed by atoms with Crippen LogP contribution in [0.5, 0.6) is 5.75 Å². The minimum Gasteiger partial charge on any atom is -0.406 e. The zero-order valence-electron chi connectivity index (χ0n) is 18.6. The van der Waals surface area contributed by atoms with E-state index in [1.807, 2.05) is 0 Å². The fourth-order valence-corrected chi connectivity index (χ4v) is 4.02. The van der Waals surface area contributed by atoms with E-state index in [4.69, 9.17) is 0 Å². The highest BCUT2D eigenvalue weighted by Gasteiger charge is 2.31. The lowest BCUT2D eigenvalue weighted by atomic mass is 9.85. The second-order valence-electron chi connectivity index (χ2n) is 8.51. The van der Waals surface area contributed by atoms with Gasteiger partial charge < -0.3 is 15.2 Å². The van der Waals surface area contributed by atoms with Crippen LogP contribution in [-0.2, 0) is 0 Å². The molecule has 1 heterocycles. The largest absolute Gasteiger partial charge is 0.573 e. The number of alkyl halides is 3. The van der Waals surface area contributed by atoms with Crippen molar-refractivity contribution in [2.24, 2.45) is 0 Å². The first-order valence-electron chi connectivity index (χ1n) is 11.1. The van der Waals surface area contributed by atoms with Crippen LogP contribution in [0.4, 0.5) is 17.6 Å². The third-order valence-electron chi connectivity index (χ3n) is 5.79. The molecule has 0 saturated heterocycles. The summed E-state index contributed by atoms with van der Waals surface area (Å²) >= 11 is 0. The van der Waals surface area contributed by atoms with Crippen LogP contribution >= 0.6 is 0 Å². The quantitative estimate of drug-likeness (QED) is 0.461. The van der Waals surface area contributed by atoms with Gasteiger partial charge in [0.2, 0.25) is 0 Å². The van der Waals surface area contributed by atoms with Gasteiger partial charge >= 0.3 is 6.36 Å². The fourth-order valence-electron chi connectivity index (χ4n) is 4.02. The van der Waals surface area contributed by atoms with E-state index in [0.717, 1.165) is 31.4 Å². The van der Waals surface area contributed by atoms with E-state index < -0.39 is 29.4 Å². The molecule has 4 rings (SSSR count). The summed E-state index contributed by atoms with van der Waals surface area (Å²) in [7, 11) is 0. The third-order valence-corrected chi connectivity index (χ3v) is 5.79. The number of nitrogens with zero attached hydrogens (tertiary/aromatic N) is 2. The number of aliphatic hydroxyl groups is 1. The van der Waals surface area contributed by atoms with Crippen molar-refractivity contribution in [3.8, 4) is 28.4 Å². The summed E-state index contributed by atoms with van der Waals surface area (Å²) in [5.41, 5.74) is -0.0317. The number of halogens is 4. The molecule has 1 amide bonds. The van der Waals surface area contributed by atoms with Crippen LogP contribution in [0.3, 0.4) is 0 Å². The van der Waals surface area contributed by atoms with E-state index in [1.54, 1.807) is 6.07 Å². The summed E-state index contributed by atoms with van der Waals surface area (Å²) in [5.74, 6) is -1.41. The lowest BCUT2D eigenvalue weighted by Crippen LogP contribution is -2.44. The summed E-state index contributed by atoms with van der Waals surface area (Å²) in [6.45, 7) is 0.0595. The Balaban J connectivity index is 1.65. The monoisotopic (exact) mass is 489 g/mol. The molecule has 0 aliphatic heterocycles. The molecule has 0 spiro atoms. The number of hydrogen-bond acceptors (Lipinski definition) is 5. The number of nitrogens with one attached hydrogen (secondary N) is 1. The van der Waals surface area contributed by atoms with Crippen molar-refractivity contribution >= 4 is 5.91 Å². The minimum atomic E-state index is -4.82. The molecule has 35 heavy (non-hydrogen) atoms. The van der Waals surface area contributed by atoms with Crippen LogP contribution in [0.25, 0.3) is 22.6 Å². The van der Waals surface area contributed by atoms with E-state index in [1.165, 1.54) is 36.4 Å². The lowest BCUT2D eigenvalue weighted by Gasteiger charge is -2.32. The standard InChI is InChI=1S/C25H23F4N3O3/c26-18-6-4-5-17(13-18)22-31-20(16-7-9-19(10-8-16)35-25(27,28)29)14-21(32-22)23(33)30-15-24(34)11-2-1-3-12-24/h4-10,13-14,34H,1-3,11-12,15H2,(H,30,33). The third kappa shape index (κ3) is 6.54. The zero-order chi connectivity index (χ0) is 25.1. The van der Waals surface area contributed by atoms with Gasteiger partial charge in [0, 0.05) is 17.7 Å². The van der Waals surface area contributed by atoms with E-state index >= 15 is 0 Å². The first-order chi connectivity index (χ1) is 16.6. The Kier molecular flexibility index (Phi) is 7.02. The van der Waals surface area contributed by atoms with Crippen LogP contribution in [0.2, 0.25) is 0 Å². The molecular formula is C25H23F4N3O3. The Morgan fingerprint density at radius 1 is 1.00 bits per heavy atom. The predicted molar refractivity (Wildman–Crippen MR) is 120 cm³/mol. The lowest BCUT2D eigenvalue weighted by molar-refractivity contribution is -0.274. The number of hydrogen-bond donors (Lipinski definition) is 2. The average Bonchev–Trinajstić information content (AvgIpc) is 2.82. The molecular weight excluding hydrogens is 466 g/mol. The van der Waals surface area contributed by atoms with Gasteiger partial charge in [-0.15, -0.1) is 13.2 Å². The maximum absolute atomic E-state index is 13.8. The first-order valence-corrected chi connectivity index (χ1v) is 11.1. The molecule has 1 fully saturated rings. The number of carbonyl (C=O) groups is 1. The van der Waals surface area contributed by atoms with Gasteiger partial charge in [0.25, 0.3) is 5.91 Å². The maximum atomic E-state index is 13.8. The highest BCUT2D eigenvalue weighted by atomic mass is 19.4. The van der Waals surface area contributed by atoms with Crippen molar-refractivity contribution in [2.45, 2.75) is 44.1 Å². The number of ether oxygens (including phenoxy) is 1. The number of rotatable bonds is 6. The highest BCUT2D eigenvalue weighted by Crippen LogP contribution is 2.29. The summed E-state index contributed by atoms with van der Waals surface area (Å²) < 4.78 is 55.1. The van der Waals surface area contributed by atoms with Crippen molar-refractivity contribution in [2.75, 3.05) is 6.54 Å². The Labute approximate surface area is 199 Å². The molecule has 0 atom stereocenters. The van der Waals surface area contributed by atoms with Gasteiger partial charge in [0.15, 0.2) is 5.82 Å². The summed E-state index contributed by atoms with van der Waals surface area (Å²) in [4.78, 5) is 21.6. The van der Waals surface area contributed by atoms with Gasteiger partial charge in [0.05, 0.1) is 11.3 Å². The minimum absolute atomic E-state index is 0.0238. The topological polar surface area (TPSA) is 84.3 Å². The number of aromatic nitrogens is 2. The Morgan fingerprint density at radius 2 is 1.71 bits per heavy atom. The molecule has 1 aliphatic carbocycles. The van der Waals surface area contributed by atoms with Crippen molar-refractivity contribution in [1.29, 1.82) is 0 Å². The molecule has 184 valence electrons. The Hall–Kier alpha value is -3.53. The van der Waals surface area contributed by atoms with Crippen LogP contribution in [0, 0.1) is 5.82 Å². The number of amides is 1. The molecule has 0 bridgehead atoms. The molecule has 1 aromatic heterocycles. The molecule has 0 unspecified atom stereocenters. The second kappa shape index (κ2) is 9.99. The highest BCUT2D eigenvalue weighted by molar-refractivity contribution is 5.93. The van der Waals surface area contributed by atoms with Crippen molar-refractivity contribution in [1.82, 2.24) is 15.3 Å². The Bertz CT molecular complexity index is 1190. The molecule has 2 N–H and O–H groups in total. The van der Waals surface area contributed by atoms with Gasteiger partial charge in [-0.1, -0.05) is 31.4 Å². The number of carbonyl (C=O) groups excluding carboxylic acids is 1. The van der Waals surface area contributed by atoms with Crippen LogP contribution in [0.1, 0.15) is 42.6 Å². The summed E-state index contributed by atoms with van der Waals surface area (Å²) in [6.07, 6.45) is -0.861. The van der Waals surface area contributed by atoms with Gasteiger partial charge in [-0.05, 0) is 55.3 Å². The van der Waals surface area contributed by atoms with E-state index in [-0.39, 0.29) is 23.8 Å². The molecule has 2 aromatic carbocycles. The van der Waals surface area contributed by atoms with Crippen molar-refractivity contribution in [3.63, 3.8) is 0 Å². The average molecular weight is 489 g/mol. The maximum Gasteiger partial charge on any atom is 0.573 e. The molecule has 0 radical (unpaired) electrons. The van der Waals surface area contributed by atoms with E-state index in [0.29, 0.717) is 24.0 Å². The molecule has 3 aromatic rings. The first kappa shape index (κ1) is 24.6. The van der Waals surface area contributed by atoms with Crippen LogP contribution in [0.15, 0.2) is 54.6 Å². The van der Waals surface area contributed by atoms with E-state index in [9.17, 15) is 27.5 Å². The molecule has 6 nitrogen and oxygen atoms in total. The zero-order valence-corrected chi connectivity index (χ0v) is 18.6. The van der Waals surface area contributed by atoms with Gasteiger partial charge in [-0.25, -0.2) is 14.4 Å². The molecule has 1 saturated carbocycles. The summed E-state index contributed by atoms with van der Waals surface area (Å²) in [6, 6.07) is 11.9.